The molecule has 1 saturated heterocycles. The quantitative estimate of drug-likeness (QED) is 0.685. The number of piperazine rings is 1. The molecule has 0 bridgehead atoms. The third-order valence-electron chi connectivity index (χ3n) is 5.16. The zero-order chi connectivity index (χ0) is 19.7. The van der Waals surface area contributed by atoms with Crippen LogP contribution in [0.1, 0.15) is 18.8 Å². The van der Waals surface area contributed by atoms with E-state index in [1.807, 2.05) is 18.2 Å². The summed E-state index contributed by atoms with van der Waals surface area (Å²) in [5.41, 5.74) is 0.470. The van der Waals surface area contributed by atoms with Crippen molar-refractivity contribution in [1.82, 2.24) is 24.4 Å². The van der Waals surface area contributed by atoms with Crippen LogP contribution < -0.4 is 10.5 Å². The zero-order valence-electron chi connectivity index (χ0n) is 15.9. The van der Waals surface area contributed by atoms with Gasteiger partial charge in [0.1, 0.15) is 11.9 Å². The van der Waals surface area contributed by atoms with Gasteiger partial charge in [0, 0.05) is 38.6 Å². The van der Waals surface area contributed by atoms with Crippen molar-refractivity contribution in [2.75, 3.05) is 31.1 Å². The number of aromatic nitrogens is 4. The number of para-hydroxylation sites is 1. The van der Waals surface area contributed by atoms with Crippen LogP contribution in [0, 0.1) is 6.92 Å². The molecule has 3 heterocycles. The van der Waals surface area contributed by atoms with Crippen molar-refractivity contribution >= 4 is 22.8 Å². The second-order valence-electron chi connectivity index (χ2n) is 6.89. The van der Waals surface area contributed by atoms with Gasteiger partial charge in [-0.1, -0.05) is 12.1 Å². The molecular weight excluding hydrogens is 356 g/mol. The Morgan fingerprint density at radius 2 is 1.71 bits per heavy atom. The summed E-state index contributed by atoms with van der Waals surface area (Å²) in [5.74, 6) is 1.14. The van der Waals surface area contributed by atoms with Crippen LogP contribution in [0.15, 0.2) is 47.5 Å². The van der Waals surface area contributed by atoms with Crippen molar-refractivity contribution < 1.29 is 4.79 Å². The van der Waals surface area contributed by atoms with Crippen molar-refractivity contribution in [3.8, 4) is 0 Å². The van der Waals surface area contributed by atoms with Crippen LogP contribution >= 0.6 is 0 Å². The minimum atomic E-state index is -0.607. The highest BCUT2D eigenvalue weighted by Gasteiger charge is 2.28. The van der Waals surface area contributed by atoms with Gasteiger partial charge in [0.15, 0.2) is 0 Å². The summed E-state index contributed by atoms with van der Waals surface area (Å²) in [6.07, 6.45) is 3.42. The molecule has 0 spiro atoms. The van der Waals surface area contributed by atoms with E-state index in [9.17, 15) is 9.59 Å². The van der Waals surface area contributed by atoms with Crippen LogP contribution in [-0.2, 0) is 4.79 Å². The number of carbonyl (C=O) groups excluding carboxylic acids is 1. The predicted molar refractivity (Wildman–Crippen MR) is 106 cm³/mol. The molecule has 1 atom stereocenters. The number of amides is 1. The van der Waals surface area contributed by atoms with Gasteiger partial charge in [0.25, 0.3) is 5.56 Å². The highest BCUT2D eigenvalue weighted by molar-refractivity contribution is 5.82. The molecule has 0 N–H and O–H groups in total. The maximum absolute atomic E-state index is 13.1. The summed E-state index contributed by atoms with van der Waals surface area (Å²) in [5, 5.41) is 0.527. The average Bonchev–Trinajstić information content (AvgIpc) is 2.74. The van der Waals surface area contributed by atoms with Crippen molar-refractivity contribution in [1.29, 1.82) is 0 Å². The van der Waals surface area contributed by atoms with E-state index >= 15 is 0 Å². The Bertz CT molecular complexity index is 1060. The SMILES string of the molecule is Cc1nc2ccccc2c(=O)n1[C@@H](C)C(=O)N1CCN(c2ncccn2)CC1. The maximum Gasteiger partial charge on any atom is 0.262 e. The molecule has 0 radical (unpaired) electrons. The van der Waals surface area contributed by atoms with Gasteiger partial charge in [-0.15, -0.1) is 0 Å². The Kier molecular flexibility index (Phi) is 4.77. The van der Waals surface area contributed by atoms with E-state index in [0.717, 1.165) is 0 Å². The molecule has 8 nitrogen and oxygen atoms in total. The van der Waals surface area contributed by atoms with Gasteiger partial charge < -0.3 is 9.80 Å². The van der Waals surface area contributed by atoms with Gasteiger partial charge in [-0.05, 0) is 32.0 Å². The monoisotopic (exact) mass is 378 g/mol. The smallest absolute Gasteiger partial charge is 0.262 e. The molecule has 0 saturated carbocycles. The molecule has 1 amide bonds. The van der Waals surface area contributed by atoms with Crippen LogP contribution in [0.4, 0.5) is 5.95 Å². The van der Waals surface area contributed by atoms with Crippen LogP contribution in [0.5, 0.6) is 0 Å². The topological polar surface area (TPSA) is 84.2 Å². The second-order valence-corrected chi connectivity index (χ2v) is 6.89. The lowest BCUT2D eigenvalue weighted by Gasteiger charge is -2.36. The predicted octanol–water partition coefficient (Wildman–Crippen LogP) is 1.40. The molecule has 2 aromatic heterocycles. The van der Waals surface area contributed by atoms with Gasteiger partial charge >= 0.3 is 0 Å². The van der Waals surface area contributed by atoms with Crippen LogP contribution in [0.3, 0.4) is 0 Å². The van der Waals surface area contributed by atoms with Gasteiger partial charge in [-0.2, -0.15) is 0 Å². The Labute approximate surface area is 162 Å². The summed E-state index contributed by atoms with van der Waals surface area (Å²) < 4.78 is 1.50. The summed E-state index contributed by atoms with van der Waals surface area (Å²) in [6, 6.07) is 8.39. The summed E-state index contributed by atoms with van der Waals surface area (Å²) >= 11 is 0. The third kappa shape index (κ3) is 3.21. The zero-order valence-corrected chi connectivity index (χ0v) is 15.9. The van der Waals surface area contributed by atoms with E-state index in [2.05, 4.69) is 19.9 Å². The molecule has 1 fully saturated rings. The standard InChI is InChI=1S/C20H22N6O2/c1-14(26-15(2)23-17-7-4-3-6-16(17)19(26)28)18(27)24-10-12-25(13-11-24)20-21-8-5-9-22-20/h3-9,14H,10-13H2,1-2H3/t14-/m0/s1. The summed E-state index contributed by atoms with van der Waals surface area (Å²) in [6.45, 7) is 5.98. The Balaban J connectivity index is 1.53. The van der Waals surface area contributed by atoms with Crippen molar-refractivity contribution in [3.05, 3.63) is 58.9 Å². The maximum atomic E-state index is 13.1. The molecular formula is C20H22N6O2. The molecule has 0 unspecified atom stereocenters. The van der Waals surface area contributed by atoms with Gasteiger partial charge in [0.2, 0.25) is 11.9 Å². The molecule has 1 aliphatic rings. The first kappa shape index (κ1) is 18.1. The number of anilines is 1. The molecule has 8 heteroatoms. The van der Waals surface area contributed by atoms with Gasteiger partial charge in [0.05, 0.1) is 10.9 Å². The molecule has 0 aliphatic carbocycles. The Hall–Kier alpha value is -3.29. The lowest BCUT2D eigenvalue weighted by atomic mass is 10.2. The highest BCUT2D eigenvalue weighted by Crippen LogP contribution is 2.16. The van der Waals surface area contributed by atoms with Crippen LogP contribution in [-0.4, -0.2) is 56.5 Å². The number of carbonyl (C=O) groups is 1. The van der Waals surface area contributed by atoms with Crippen molar-refractivity contribution in [3.63, 3.8) is 0 Å². The van der Waals surface area contributed by atoms with E-state index < -0.39 is 6.04 Å². The van der Waals surface area contributed by atoms with E-state index in [1.54, 1.807) is 43.3 Å². The van der Waals surface area contributed by atoms with Crippen molar-refractivity contribution in [2.24, 2.45) is 0 Å². The fourth-order valence-electron chi connectivity index (χ4n) is 3.67. The first-order chi connectivity index (χ1) is 13.6. The van der Waals surface area contributed by atoms with Crippen LogP contribution in [0.25, 0.3) is 10.9 Å². The molecule has 144 valence electrons. The normalized spacial score (nSPS) is 15.6. The Morgan fingerprint density at radius 1 is 1.04 bits per heavy atom. The van der Waals surface area contributed by atoms with E-state index in [1.165, 1.54) is 4.57 Å². The summed E-state index contributed by atoms with van der Waals surface area (Å²) in [7, 11) is 0. The fraction of sp³-hybridized carbons (Fsp3) is 0.350. The van der Waals surface area contributed by atoms with Gasteiger partial charge in [-0.3, -0.25) is 14.2 Å². The average molecular weight is 378 g/mol. The van der Waals surface area contributed by atoms with Gasteiger partial charge in [-0.25, -0.2) is 15.0 Å². The number of rotatable bonds is 3. The fourth-order valence-corrected chi connectivity index (χ4v) is 3.67. The van der Waals surface area contributed by atoms with E-state index in [4.69, 9.17) is 0 Å². The highest BCUT2D eigenvalue weighted by atomic mass is 16.2. The number of benzene rings is 1. The minimum Gasteiger partial charge on any atom is -0.337 e. The third-order valence-corrected chi connectivity index (χ3v) is 5.16. The first-order valence-corrected chi connectivity index (χ1v) is 9.35. The molecule has 1 aliphatic heterocycles. The second kappa shape index (κ2) is 7.38. The lowest BCUT2D eigenvalue weighted by molar-refractivity contribution is -0.134. The lowest BCUT2D eigenvalue weighted by Crippen LogP contribution is -2.51. The molecule has 4 rings (SSSR count). The number of nitrogens with zero attached hydrogens (tertiary/aromatic N) is 6. The number of hydrogen-bond donors (Lipinski definition) is 0. The van der Waals surface area contributed by atoms with E-state index in [-0.39, 0.29) is 11.5 Å². The van der Waals surface area contributed by atoms with E-state index in [0.29, 0.717) is 48.9 Å². The van der Waals surface area contributed by atoms with Crippen molar-refractivity contribution in [2.45, 2.75) is 19.9 Å². The Morgan fingerprint density at radius 3 is 2.43 bits per heavy atom. The number of hydrogen-bond acceptors (Lipinski definition) is 6. The first-order valence-electron chi connectivity index (χ1n) is 9.35. The largest absolute Gasteiger partial charge is 0.337 e. The number of aryl methyl sites for hydroxylation is 1. The summed E-state index contributed by atoms with van der Waals surface area (Å²) in [4.78, 5) is 42.9. The minimum absolute atomic E-state index is 0.0732. The molecule has 3 aromatic rings. The number of fused-ring (bicyclic) bond motifs is 1. The molecule has 1 aromatic carbocycles. The molecule has 28 heavy (non-hydrogen) atoms. The van der Waals surface area contributed by atoms with Crippen LogP contribution in [0.2, 0.25) is 0 Å².